The fraction of sp³-hybridized carbons (Fsp3) is 0.0333. The first-order chi connectivity index (χ1) is 18.5. The number of halogens is 1. The number of ether oxygens (including phenoxy) is 1. The van der Waals surface area contributed by atoms with Crippen molar-refractivity contribution >= 4 is 40.7 Å². The van der Waals surface area contributed by atoms with Gasteiger partial charge in [-0.3, -0.25) is 19.3 Å². The summed E-state index contributed by atoms with van der Waals surface area (Å²) < 4.78 is 5.78. The number of carbonyl (C=O) groups excluding carboxylic acids is 3. The van der Waals surface area contributed by atoms with Gasteiger partial charge in [-0.25, -0.2) is 0 Å². The zero-order valence-electron chi connectivity index (χ0n) is 20.1. The number of anilines is 2. The molecular formula is C30H22ClN3O4. The monoisotopic (exact) mass is 523 g/mol. The highest BCUT2D eigenvalue weighted by Gasteiger charge is 2.37. The zero-order valence-corrected chi connectivity index (χ0v) is 20.8. The van der Waals surface area contributed by atoms with Crippen LogP contribution in [0.15, 0.2) is 120 Å². The third-order valence-electron chi connectivity index (χ3n) is 5.78. The number of carbonyl (C=O) groups is 3. The van der Waals surface area contributed by atoms with E-state index in [1.54, 1.807) is 48.5 Å². The van der Waals surface area contributed by atoms with Gasteiger partial charge in [-0.1, -0.05) is 66.2 Å². The molecule has 4 aromatic rings. The Hall–Kier alpha value is -4.88. The minimum atomic E-state index is -0.573. The van der Waals surface area contributed by atoms with Gasteiger partial charge in [0.2, 0.25) is 0 Å². The third-order valence-corrected chi connectivity index (χ3v) is 6.13. The van der Waals surface area contributed by atoms with Crippen LogP contribution in [0.3, 0.4) is 0 Å². The molecule has 3 amide bonds. The summed E-state index contributed by atoms with van der Waals surface area (Å²) >= 11 is 6.22. The van der Waals surface area contributed by atoms with E-state index >= 15 is 0 Å². The molecule has 188 valence electrons. The molecule has 4 aromatic carbocycles. The number of imide groups is 1. The molecule has 0 saturated heterocycles. The molecule has 0 fully saturated rings. The second-order valence-electron chi connectivity index (χ2n) is 8.47. The lowest BCUT2D eigenvalue weighted by Crippen LogP contribution is -2.31. The van der Waals surface area contributed by atoms with E-state index in [1.165, 1.54) is 0 Å². The molecule has 8 heteroatoms. The van der Waals surface area contributed by atoms with Crippen molar-refractivity contribution in [2.75, 3.05) is 10.6 Å². The quantitative estimate of drug-likeness (QED) is 0.270. The van der Waals surface area contributed by atoms with Gasteiger partial charge in [-0.05, 0) is 60.2 Å². The number of amides is 3. The van der Waals surface area contributed by atoms with E-state index < -0.39 is 11.8 Å². The second-order valence-corrected chi connectivity index (χ2v) is 8.85. The maximum absolute atomic E-state index is 12.9. The van der Waals surface area contributed by atoms with Crippen LogP contribution in [0.2, 0.25) is 0 Å². The average Bonchev–Trinajstić information content (AvgIpc) is 3.14. The van der Waals surface area contributed by atoms with Crippen molar-refractivity contribution in [1.29, 1.82) is 0 Å². The van der Waals surface area contributed by atoms with E-state index in [9.17, 15) is 14.4 Å². The predicted octanol–water partition coefficient (Wildman–Crippen LogP) is 6.16. The summed E-state index contributed by atoms with van der Waals surface area (Å²) in [5.74, 6) is -0.0878. The fourth-order valence-electron chi connectivity index (χ4n) is 3.88. The van der Waals surface area contributed by atoms with Gasteiger partial charge in [0.1, 0.15) is 22.2 Å². The van der Waals surface area contributed by atoms with E-state index in [-0.39, 0.29) is 23.2 Å². The van der Waals surface area contributed by atoms with E-state index in [4.69, 9.17) is 16.3 Å². The Morgan fingerprint density at radius 2 is 1.39 bits per heavy atom. The van der Waals surface area contributed by atoms with E-state index in [0.29, 0.717) is 22.7 Å². The molecule has 0 atom stereocenters. The van der Waals surface area contributed by atoms with Gasteiger partial charge in [0.15, 0.2) is 0 Å². The average molecular weight is 524 g/mol. The van der Waals surface area contributed by atoms with Gasteiger partial charge in [0.05, 0.1) is 6.54 Å². The third kappa shape index (κ3) is 5.58. The molecule has 7 nitrogen and oxygen atoms in total. The first-order valence-corrected chi connectivity index (χ1v) is 12.2. The molecule has 0 aliphatic carbocycles. The van der Waals surface area contributed by atoms with E-state index in [1.807, 2.05) is 60.7 Å². The summed E-state index contributed by atoms with van der Waals surface area (Å²) in [5.41, 5.74) is 2.17. The molecule has 2 N–H and O–H groups in total. The molecule has 0 radical (unpaired) electrons. The number of hydrogen-bond acceptors (Lipinski definition) is 5. The molecular weight excluding hydrogens is 502 g/mol. The summed E-state index contributed by atoms with van der Waals surface area (Å²) in [7, 11) is 0. The summed E-state index contributed by atoms with van der Waals surface area (Å²) in [5, 5.41) is 5.56. The molecule has 0 saturated carbocycles. The minimum absolute atomic E-state index is 0.0286. The fourth-order valence-corrected chi connectivity index (χ4v) is 4.11. The molecule has 0 unspecified atom stereocenters. The van der Waals surface area contributed by atoms with Crippen LogP contribution in [0, 0.1) is 0 Å². The van der Waals surface area contributed by atoms with Crippen molar-refractivity contribution in [3.8, 4) is 11.5 Å². The van der Waals surface area contributed by atoms with Crippen molar-refractivity contribution in [2.24, 2.45) is 0 Å². The Kier molecular flexibility index (Phi) is 7.19. The van der Waals surface area contributed by atoms with E-state index in [2.05, 4.69) is 10.6 Å². The smallest absolute Gasteiger partial charge is 0.279 e. The lowest BCUT2D eigenvalue weighted by Gasteiger charge is -2.15. The first-order valence-electron chi connectivity index (χ1n) is 11.8. The topological polar surface area (TPSA) is 87.7 Å². The number of benzene rings is 4. The van der Waals surface area contributed by atoms with Gasteiger partial charge in [-0.2, -0.15) is 0 Å². The Balaban J connectivity index is 1.24. The Morgan fingerprint density at radius 3 is 2.11 bits per heavy atom. The van der Waals surface area contributed by atoms with Crippen LogP contribution in [0.1, 0.15) is 15.9 Å². The maximum Gasteiger partial charge on any atom is 0.279 e. The molecule has 0 aromatic heterocycles. The van der Waals surface area contributed by atoms with Crippen LogP contribution in [-0.4, -0.2) is 22.6 Å². The molecule has 1 aliphatic heterocycles. The predicted molar refractivity (Wildman–Crippen MR) is 146 cm³/mol. The van der Waals surface area contributed by atoms with Crippen LogP contribution in [-0.2, 0) is 16.1 Å². The zero-order chi connectivity index (χ0) is 26.5. The van der Waals surface area contributed by atoms with Gasteiger partial charge in [0.25, 0.3) is 17.7 Å². The minimum Gasteiger partial charge on any atom is -0.457 e. The van der Waals surface area contributed by atoms with Crippen LogP contribution in [0.5, 0.6) is 11.5 Å². The summed E-state index contributed by atoms with van der Waals surface area (Å²) in [6.07, 6.45) is 0. The molecule has 0 spiro atoms. The number of nitrogens with zero attached hydrogens (tertiary/aromatic N) is 1. The van der Waals surface area contributed by atoms with Gasteiger partial charge in [0, 0.05) is 16.9 Å². The first kappa shape index (κ1) is 24.8. The summed E-state index contributed by atoms with van der Waals surface area (Å²) in [4.78, 5) is 39.5. The van der Waals surface area contributed by atoms with Crippen LogP contribution < -0.4 is 15.4 Å². The second kappa shape index (κ2) is 11.0. The SMILES string of the molecule is O=C(Nc1ccc(Oc2ccccc2)cc1)c1cccc(NC2=C(Cl)C(=O)N(Cc3ccccc3)C2=O)c1. The number of hydrogen-bond donors (Lipinski definition) is 2. The highest BCUT2D eigenvalue weighted by Crippen LogP contribution is 2.28. The Labute approximate surface area is 224 Å². The Bertz CT molecular complexity index is 1520. The highest BCUT2D eigenvalue weighted by molar-refractivity contribution is 6.48. The molecule has 38 heavy (non-hydrogen) atoms. The highest BCUT2D eigenvalue weighted by atomic mass is 35.5. The lowest BCUT2D eigenvalue weighted by molar-refractivity contribution is -0.138. The molecule has 0 bridgehead atoms. The van der Waals surface area contributed by atoms with Crippen molar-refractivity contribution in [3.63, 3.8) is 0 Å². The molecule has 5 rings (SSSR count). The number of rotatable bonds is 8. The van der Waals surface area contributed by atoms with Gasteiger partial charge < -0.3 is 15.4 Å². The summed E-state index contributed by atoms with van der Waals surface area (Å²) in [6.45, 7) is 0.109. The van der Waals surface area contributed by atoms with Crippen molar-refractivity contribution in [1.82, 2.24) is 4.90 Å². The Morgan fingerprint density at radius 1 is 0.737 bits per heavy atom. The molecule has 1 heterocycles. The maximum atomic E-state index is 12.9. The normalized spacial score (nSPS) is 13.0. The van der Waals surface area contributed by atoms with E-state index in [0.717, 1.165) is 16.2 Å². The largest absolute Gasteiger partial charge is 0.457 e. The van der Waals surface area contributed by atoms with Crippen molar-refractivity contribution in [2.45, 2.75) is 6.54 Å². The number of nitrogens with one attached hydrogen (secondary N) is 2. The lowest BCUT2D eigenvalue weighted by atomic mass is 10.1. The summed E-state index contributed by atoms with van der Waals surface area (Å²) in [6, 6.07) is 32.2. The van der Waals surface area contributed by atoms with Crippen LogP contribution in [0.25, 0.3) is 0 Å². The van der Waals surface area contributed by atoms with Gasteiger partial charge >= 0.3 is 0 Å². The standard InChI is InChI=1S/C30H22ClN3O4/c31-26-27(30(37)34(29(26)36)19-20-8-3-1-4-9-20)32-23-11-7-10-21(18-23)28(35)33-22-14-16-25(17-15-22)38-24-12-5-2-6-13-24/h1-18,32H,19H2,(H,33,35). The van der Waals surface area contributed by atoms with Gasteiger partial charge in [-0.15, -0.1) is 0 Å². The van der Waals surface area contributed by atoms with Crippen molar-refractivity contribution < 1.29 is 19.1 Å². The number of para-hydroxylation sites is 1. The molecule has 1 aliphatic rings. The van der Waals surface area contributed by atoms with Crippen LogP contribution >= 0.6 is 11.6 Å². The van der Waals surface area contributed by atoms with Crippen molar-refractivity contribution in [3.05, 3.63) is 131 Å². The van der Waals surface area contributed by atoms with Crippen LogP contribution in [0.4, 0.5) is 11.4 Å².